The first-order chi connectivity index (χ1) is 15.0. The Balaban J connectivity index is 1.44. The molecular formula is C22H18N4O3S2. The number of H-pyrrole nitrogens is 1. The highest BCUT2D eigenvalue weighted by molar-refractivity contribution is 7.71. The molecule has 1 amide bonds. The van der Waals surface area contributed by atoms with E-state index in [0.29, 0.717) is 27.6 Å². The number of nitrogens with one attached hydrogen (secondary N) is 2. The number of aromatic nitrogens is 3. The first kappa shape index (κ1) is 20.7. The quantitative estimate of drug-likeness (QED) is 0.243. The van der Waals surface area contributed by atoms with Crippen molar-refractivity contribution >= 4 is 41.1 Å². The minimum atomic E-state index is -0.680. The molecule has 0 saturated heterocycles. The van der Waals surface area contributed by atoms with Crippen LogP contribution in [0, 0.1) is 4.77 Å². The molecule has 0 saturated carbocycles. The zero-order valence-electron chi connectivity index (χ0n) is 16.4. The van der Waals surface area contributed by atoms with E-state index in [1.807, 2.05) is 23.6 Å². The number of anilines is 1. The molecule has 0 aliphatic heterocycles. The maximum Gasteiger partial charge on any atom is 0.334 e. The van der Waals surface area contributed by atoms with E-state index in [-0.39, 0.29) is 5.91 Å². The van der Waals surface area contributed by atoms with Gasteiger partial charge in [0.1, 0.15) is 11.8 Å². The number of carbonyl (C=O) groups is 2. The number of esters is 1. The van der Waals surface area contributed by atoms with Crippen LogP contribution in [0.5, 0.6) is 5.75 Å². The fraction of sp³-hybridized carbons (Fsp3) is 0.0909. The van der Waals surface area contributed by atoms with Gasteiger partial charge in [-0.25, -0.2) is 4.79 Å². The topological polar surface area (TPSA) is 89.0 Å². The lowest BCUT2D eigenvalue weighted by Gasteiger charge is -2.14. The molecule has 31 heavy (non-hydrogen) atoms. The monoisotopic (exact) mass is 450 g/mol. The van der Waals surface area contributed by atoms with Crippen molar-refractivity contribution < 1.29 is 14.3 Å². The molecule has 0 radical (unpaired) electrons. The van der Waals surface area contributed by atoms with Crippen molar-refractivity contribution in [2.45, 2.75) is 13.0 Å². The van der Waals surface area contributed by atoms with Gasteiger partial charge in [-0.05, 0) is 67.0 Å². The minimum absolute atomic E-state index is 0.214. The molecule has 2 N–H and O–H groups in total. The summed E-state index contributed by atoms with van der Waals surface area (Å²) in [7, 11) is 0. The average Bonchev–Trinajstić information content (AvgIpc) is 3.45. The second-order valence-corrected chi connectivity index (χ2v) is 7.98. The molecule has 1 unspecified atom stereocenters. The smallest absolute Gasteiger partial charge is 0.334 e. The van der Waals surface area contributed by atoms with Crippen molar-refractivity contribution in [2.75, 3.05) is 5.32 Å². The molecule has 2 aromatic carbocycles. The summed E-state index contributed by atoms with van der Waals surface area (Å²) in [5, 5.41) is 11.7. The number of rotatable bonds is 6. The largest absolute Gasteiger partial charge is 0.425 e. The second kappa shape index (κ2) is 9.07. The lowest BCUT2D eigenvalue weighted by atomic mass is 10.2. The Hall–Kier alpha value is -3.56. The molecule has 0 bridgehead atoms. The Morgan fingerprint density at radius 3 is 2.52 bits per heavy atom. The summed E-state index contributed by atoms with van der Waals surface area (Å²) in [4.78, 5) is 25.9. The zero-order valence-corrected chi connectivity index (χ0v) is 18.1. The first-order valence-corrected chi connectivity index (χ1v) is 10.7. The molecule has 2 aromatic heterocycles. The van der Waals surface area contributed by atoms with Crippen molar-refractivity contribution in [3.05, 3.63) is 82.4 Å². The lowest BCUT2D eigenvalue weighted by Crippen LogP contribution is -2.22. The van der Waals surface area contributed by atoms with Gasteiger partial charge in [-0.1, -0.05) is 24.3 Å². The second-order valence-electron chi connectivity index (χ2n) is 6.64. The van der Waals surface area contributed by atoms with Gasteiger partial charge in [-0.3, -0.25) is 14.5 Å². The van der Waals surface area contributed by atoms with Crippen LogP contribution in [0.1, 0.15) is 23.3 Å². The Morgan fingerprint density at radius 1 is 1.10 bits per heavy atom. The average molecular weight is 451 g/mol. The van der Waals surface area contributed by atoms with Gasteiger partial charge < -0.3 is 10.1 Å². The third kappa shape index (κ3) is 4.62. The fourth-order valence-electron chi connectivity index (χ4n) is 2.95. The number of hydrogen-bond donors (Lipinski definition) is 2. The van der Waals surface area contributed by atoms with Crippen LogP contribution in [0.2, 0.25) is 0 Å². The van der Waals surface area contributed by atoms with Crippen LogP contribution in [-0.4, -0.2) is 26.6 Å². The van der Waals surface area contributed by atoms with Crippen molar-refractivity contribution in [1.82, 2.24) is 14.8 Å². The Bertz CT molecular complexity index is 1250. The molecule has 4 aromatic rings. The molecule has 0 aliphatic carbocycles. The molecule has 1 atom stereocenters. The molecule has 2 heterocycles. The van der Waals surface area contributed by atoms with Gasteiger partial charge in [0.05, 0.1) is 4.88 Å². The van der Waals surface area contributed by atoms with E-state index in [0.717, 1.165) is 4.88 Å². The normalized spacial score (nSPS) is 11.6. The number of hydrogen-bond acceptors (Lipinski definition) is 6. The van der Waals surface area contributed by atoms with E-state index in [9.17, 15) is 9.59 Å². The minimum Gasteiger partial charge on any atom is -0.425 e. The molecule has 0 spiro atoms. The van der Waals surface area contributed by atoms with Crippen LogP contribution < -0.4 is 10.1 Å². The molecule has 4 rings (SSSR count). The van der Waals surface area contributed by atoms with E-state index in [4.69, 9.17) is 17.0 Å². The van der Waals surface area contributed by atoms with Gasteiger partial charge >= 0.3 is 5.97 Å². The molecule has 9 heteroatoms. The van der Waals surface area contributed by atoms with Gasteiger partial charge in [-0.15, -0.1) is 11.3 Å². The Labute approximate surface area is 187 Å². The predicted molar refractivity (Wildman–Crippen MR) is 122 cm³/mol. The summed E-state index contributed by atoms with van der Waals surface area (Å²) in [6.07, 6.45) is 0. The number of aromatic amines is 1. The molecule has 0 fully saturated rings. The number of thiophene rings is 1. The van der Waals surface area contributed by atoms with Crippen LogP contribution in [0.3, 0.4) is 0 Å². The summed E-state index contributed by atoms with van der Waals surface area (Å²) in [5.41, 5.74) is 1.16. The van der Waals surface area contributed by atoms with E-state index < -0.39 is 12.0 Å². The Morgan fingerprint density at radius 2 is 1.84 bits per heavy atom. The number of amides is 1. The SMILES string of the molecule is CC(C(=O)Oc1ccc(NC(=O)c2ccccc2)cc1)n1c(-c2cccs2)n[nH]c1=S. The van der Waals surface area contributed by atoms with Crippen molar-refractivity contribution in [2.24, 2.45) is 0 Å². The van der Waals surface area contributed by atoms with Crippen LogP contribution in [0.25, 0.3) is 10.7 Å². The number of nitrogens with zero attached hydrogens (tertiary/aromatic N) is 2. The van der Waals surface area contributed by atoms with E-state index in [2.05, 4.69) is 15.5 Å². The predicted octanol–water partition coefficient (Wildman–Crippen LogP) is 5.09. The highest BCUT2D eigenvalue weighted by Gasteiger charge is 2.23. The van der Waals surface area contributed by atoms with Gasteiger partial charge in [0.25, 0.3) is 5.91 Å². The van der Waals surface area contributed by atoms with Crippen LogP contribution in [-0.2, 0) is 4.79 Å². The molecular weight excluding hydrogens is 432 g/mol. The number of ether oxygens (including phenoxy) is 1. The van der Waals surface area contributed by atoms with Crippen molar-refractivity contribution in [3.8, 4) is 16.5 Å². The zero-order chi connectivity index (χ0) is 21.8. The van der Waals surface area contributed by atoms with Crippen molar-refractivity contribution in [1.29, 1.82) is 0 Å². The van der Waals surface area contributed by atoms with E-state index in [1.165, 1.54) is 11.3 Å². The highest BCUT2D eigenvalue weighted by atomic mass is 32.1. The van der Waals surface area contributed by atoms with Gasteiger partial charge in [0.15, 0.2) is 10.6 Å². The van der Waals surface area contributed by atoms with Gasteiger partial charge in [0, 0.05) is 11.3 Å². The standard InChI is InChI=1S/C22H18N4O3S2/c1-14(26-19(24-25-22(26)30)18-8-5-13-31-18)21(28)29-17-11-9-16(10-12-17)23-20(27)15-6-3-2-4-7-15/h2-14H,1H3,(H,23,27)(H,25,30). The number of carbonyl (C=O) groups excluding carboxylic acids is 2. The summed E-state index contributed by atoms with van der Waals surface area (Å²) < 4.78 is 7.49. The summed E-state index contributed by atoms with van der Waals surface area (Å²) in [6.45, 7) is 1.71. The van der Waals surface area contributed by atoms with Crippen LogP contribution >= 0.6 is 23.6 Å². The lowest BCUT2D eigenvalue weighted by molar-refractivity contribution is -0.137. The third-order valence-electron chi connectivity index (χ3n) is 4.54. The maximum atomic E-state index is 12.7. The van der Waals surface area contributed by atoms with Gasteiger partial charge in [0.2, 0.25) is 0 Å². The van der Waals surface area contributed by atoms with Crippen molar-refractivity contribution in [3.63, 3.8) is 0 Å². The first-order valence-electron chi connectivity index (χ1n) is 9.42. The highest BCUT2D eigenvalue weighted by Crippen LogP contribution is 2.26. The number of benzene rings is 2. The fourth-order valence-corrected chi connectivity index (χ4v) is 3.95. The Kier molecular flexibility index (Phi) is 6.06. The third-order valence-corrected chi connectivity index (χ3v) is 5.69. The summed E-state index contributed by atoms with van der Waals surface area (Å²) in [5.74, 6) is 0.261. The van der Waals surface area contributed by atoms with Gasteiger partial charge in [-0.2, -0.15) is 5.10 Å². The van der Waals surface area contributed by atoms with Crippen LogP contribution in [0.15, 0.2) is 72.1 Å². The van der Waals surface area contributed by atoms with E-state index in [1.54, 1.807) is 60.0 Å². The molecule has 156 valence electrons. The molecule has 0 aliphatic rings. The van der Waals surface area contributed by atoms with Crippen LogP contribution in [0.4, 0.5) is 5.69 Å². The summed E-state index contributed by atoms with van der Waals surface area (Å²) in [6, 6.07) is 18.7. The summed E-state index contributed by atoms with van der Waals surface area (Å²) >= 11 is 6.81. The van der Waals surface area contributed by atoms with E-state index >= 15 is 0 Å². The maximum absolute atomic E-state index is 12.7. The molecule has 7 nitrogen and oxygen atoms in total.